The van der Waals surface area contributed by atoms with E-state index in [1.165, 1.54) is 17.7 Å². The predicted molar refractivity (Wildman–Crippen MR) is 66.3 cm³/mol. The molecular formula is C10H6N6S. The van der Waals surface area contributed by atoms with Crippen molar-refractivity contribution >= 4 is 43.4 Å². The number of hydrogen-bond donors (Lipinski definition) is 2. The summed E-state index contributed by atoms with van der Waals surface area (Å²) < 4.78 is 0.768. The van der Waals surface area contributed by atoms with Gasteiger partial charge in [-0.15, -0.1) is 11.3 Å². The van der Waals surface area contributed by atoms with Crippen molar-refractivity contribution in [2.45, 2.75) is 0 Å². The van der Waals surface area contributed by atoms with Crippen LogP contribution in [-0.4, -0.2) is 15.0 Å². The quantitative estimate of drug-likeness (QED) is 0.613. The second-order valence-corrected chi connectivity index (χ2v) is 4.42. The minimum atomic E-state index is 0.220. The highest BCUT2D eigenvalue weighted by atomic mass is 32.1. The Balaban J connectivity index is 2.54. The second kappa shape index (κ2) is 3.26. The van der Waals surface area contributed by atoms with Crippen molar-refractivity contribution < 1.29 is 0 Å². The molecule has 0 amide bonds. The highest BCUT2D eigenvalue weighted by Crippen LogP contribution is 2.34. The topological polar surface area (TPSA) is 114 Å². The van der Waals surface area contributed by atoms with Crippen molar-refractivity contribution in [2.75, 3.05) is 11.5 Å². The molecule has 0 aliphatic carbocycles. The number of nitrogens with zero attached hydrogens (tertiary/aromatic N) is 4. The molecular weight excluding hydrogens is 236 g/mol. The molecule has 0 spiro atoms. The van der Waals surface area contributed by atoms with Crippen LogP contribution in [0.3, 0.4) is 0 Å². The molecule has 0 aliphatic heterocycles. The van der Waals surface area contributed by atoms with Gasteiger partial charge in [0, 0.05) is 5.39 Å². The summed E-state index contributed by atoms with van der Waals surface area (Å²) in [6.45, 7) is 0. The van der Waals surface area contributed by atoms with Gasteiger partial charge in [0.1, 0.15) is 28.9 Å². The molecule has 0 aromatic carbocycles. The summed E-state index contributed by atoms with van der Waals surface area (Å²) in [7, 11) is 0. The molecule has 82 valence electrons. The second-order valence-electron chi connectivity index (χ2n) is 3.42. The summed E-state index contributed by atoms with van der Waals surface area (Å²) >= 11 is 1.37. The van der Waals surface area contributed by atoms with Gasteiger partial charge in [0.15, 0.2) is 0 Å². The predicted octanol–water partition coefficient (Wildman–Crippen LogP) is 1.28. The van der Waals surface area contributed by atoms with Crippen LogP contribution in [0.2, 0.25) is 0 Å². The first kappa shape index (κ1) is 9.74. The zero-order valence-electron chi connectivity index (χ0n) is 8.51. The minimum absolute atomic E-state index is 0.220. The lowest BCUT2D eigenvalue weighted by atomic mass is 10.2. The lowest BCUT2D eigenvalue weighted by Gasteiger charge is -1.96. The molecule has 7 heteroatoms. The van der Waals surface area contributed by atoms with Crippen LogP contribution in [-0.2, 0) is 0 Å². The third-order valence-electron chi connectivity index (χ3n) is 2.42. The number of fused-ring (bicyclic) bond motifs is 3. The lowest BCUT2D eigenvalue weighted by Crippen LogP contribution is -1.93. The van der Waals surface area contributed by atoms with E-state index in [0.717, 1.165) is 10.1 Å². The molecule has 0 saturated carbocycles. The SMILES string of the molecule is N#Cc1cc2c(nc1N)sc1c(N)ncnc12. The van der Waals surface area contributed by atoms with Crippen molar-refractivity contribution in [1.29, 1.82) is 5.26 Å². The molecule has 6 nitrogen and oxygen atoms in total. The average molecular weight is 242 g/mol. The highest BCUT2D eigenvalue weighted by Gasteiger charge is 2.13. The Labute approximate surface area is 99.5 Å². The van der Waals surface area contributed by atoms with Crippen LogP contribution in [0.15, 0.2) is 12.4 Å². The molecule has 3 heterocycles. The molecule has 3 aromatic rings. The van der Waals surface area contributed by atoms with E-state index >= 15 is 0 Å². The third-order valence-corrected chi connectivity index (χ3v) is 3.53. The number of nitriles is 1. The van der Waals surface area contributed by atoms with Crippen LogP contribution in [0, 0.1) is 11.3 Å². The Morgan fingerprint density at radius 3 is 2.82 bits per heavy atom. The molecule has 4 N–H and O–H groups in total. The fraction of sp³-hybridized carbons (Fsp3) is 0. The first-order valence-corrected chi connectivity index (χ1v) is 5.51. The van der Waals surface area contributed by atoms with E-state index in [2.05, 4.69) is 15.0 Å². The van der Waals surface area contributed by atoms with E-state index in [1.807, 2.05) is 6.07 Å². The molecule has 0 unspecified atom stereocenters. The lowest BCUT2D eigenvalue weighted by molar-refractivity contribution is 1.24. The molecule has 3 rings (SSSR count). The first-order chi connectivity index (χ1) is 8.20. The summed E-state index contributed by atoms with van der Waals surface area (Å²) in [6.07, 6.45) is 1.40. The largest absolute Gasteiger partial charge is 0.383 e. The van der Waals surface area contributed by atoms with Crippen LogP contribution >= 0.6 is 11.3 Å². The summed E-state index contributed by atoms with van der Waals surface area (Å²) in [5.41, 5.74) is 12.5. The monoisotopic (exact) mass is 242 g/mol. The smallest absolute Gasteiger partial charge is 0.144 e. The molecule has 3 aromatic heterocycles. The number of rotatable bonds is 0. The number of nitrogen functional groups attached to an aromatic ring is 2. The van der Waals surface area contributed by atoms with Crippen LogP contribution in [0.25, 0.3) is 20.4 Å². The van der Waals surface area contributed by atoms with Crippen molar-refractivity contribution in [2.24, 2.45) is 0 Å². The maximum absolute atomic E-state index is 8.92. The number of nitrogens with two attached hydrogens (primary N) is 2. The minimum Gasteiger partial charge on any atom is -0.383 e. The summed E-state index contributed by atoms with van der Waals surface area (Å²) in [5, 5.41) is 9.70. The zero-order chi connectivity index (χ0) is 12.0. The number of thiophene rings is 1. The average Bonchev–Trinajstić information content (AvgIpc) is 2.67. The van der Waals surface area contributed by atoms with Gasteiger partial charge < -0.3 is 11.5 Å². The Morgan fingerprint density at radius 2 is 2.06 bits per heavy atom. The zero-order valence-corrected chi connectivity index (χ0v) is 9.32. The van der Waals surface area contributed by atoms with E-state index in [0.29, 0.717) is 21.7 Å². The van der Waals surface area contributed by atoms with E-state index in [1.54, 1.807) is 6.07 Å². The van der Waals surface area contributed by atoms with Crippen molar-refractivity contribution in [1.82, 2.24) is 15.0 Å². The molecule has 0 aliphatic rings. The van der Waals surface area contributed by atoms with Crippen molar-refractivity contribution in [3.8, 4) is 6.07 Å². The Morgan fingerprint density at radius 1 is 1.24 bits per heavy atom. The number of pyridine rings is 1. The maximum atomic E-state index is 8.92. The van der Waals surface area contributed by atoms with Crippen molar-refractivity contribution in [3.05, 3.63) is 18.0 Å². The van der Waals surface area contributed by atoms with Crippen LogP contribution < -0.4 is 11.5 Å². The molecule has 0 saturated heterocycles. The van der Waals surface area contributed by atoms with Gasteiger partial charge in [0.05, 0.1) is 15.8 Å². The molecule has 0 atom stereocenters. The summed E-state index contributed by atoms with van der Waals surface area (Å²) in [4.78, 5) is 13.0. The van der Waals surface area contributed by atoms with Gasteiger partial charge in [0.2, 0.25) is 0 Å². The van der Waals surface area contributed by atoms with E-state index < -0.39 is 0 Å². The van der Waals surface area contributed by atoms with E-state index in [4.69, 9.17) is 16.7 Å². The fourth-order valence-corrected chi connectivity index (χ4v) is 2.64. The molecule has 0 radical (unpaired) electrons. The van der Waals surface area contributed by atoms with E-state index in [9.17, 15) is 0 Å². The van der Waals surface area contributed by atoms with Gasteiger partial charge in [-0.1, -0.05) is 0 Å². The number of anilines is 2. The van der Waals surface area contributed by atoms with Gasteiger partial charge in [-0.05, 0) is 6.07 Å². The number of aromatic nitrogens is 3. The standard InChI is InChI=1S/C10H6N6S/c11-2-4-1-5-6-7(9(13)15-3-14-6)17-10(5)16-8(4)12/h1,3H,(H2,12,16)(H2,13,14,15). The van der Waals surface area contributed by atoms with Gasteiger partial charge in [-0.2, -0.15) is 5.26 Å². The third kappa shape index (κ3) is 1.28. The van der Waals surface area contributed by atoms with Crippen LogP contribution in [0.4, 0.5) is 11.6 Å². The first-order valence-electron chi connectivity index (χ1n) is 4.70. The summed E-state index contributed by atoms with van der Waals surface area (Å²) in [6, 6.07) is 3.68. The van der Waals surface area contributed by atoms with Gasteiger partial charge >= 0.3 is 0 Å². The fourth-order valence-electron chi connectivity index (χ4n) is 1.62. The van der Waals surface area contributed by atoms with Gasteiger partial charge in [-0.25, -0.2) is 15.0 Å². The van der Waals surface area contributed by atoms with Crippen molar-refractivity contribution in [3.63, 3.8) is 0 Å². The van der Waals surface area contributed by atoms with E-state index in [-0.39, 0.29) is 5.82 Å². The Bertz CT molecular complexity index is 785. The number of hydrogen-bond acceptors (Lipinski definition) is 7. The molecule has 0 fully saturated rings. The maximum Gasteiger partial charge on any atom is 0.144 e. The highest BCUT2D eigenvalue weighted by molar-refractivity contribution is 7.25. The molecule has 17 heavy (non-hydrogen) atoms. The van der Waals surface area contributed by atoms with Crippen LogP contribution in [0.5, 0.6) is 0 Å². The summed E-state index contributed by atoms with van der Waals surface area (Å²) in [5.74, 6) is 0.633. The van der Waals surface area contributed by atoms with Crippen LogP contribution in [0.1, 0.15) is 5.56 Å². The Hall–Kier alpha value is -2.46. The molecule has 0 bridgehead atoms. The normalized spacial score (nSPS) is 10.8. The van der Waals surface area contributed by atoms with Gasteiger partial charge in [0.25, 0.3) is 0 Å². The van der Waals surface area contributed by atoms with Gasteiger partial charge in [-0.3, -0.25) is 0 Å². The Kier molecular flexibility index (Phi) is 1.87.